The largest absolute Gasteiger partial charge is 0.373 e. The molecule has 0 spiro atoms. The van der Waals surface area contributed by atoms with E-state index < -0.39 is 9.85 Å². The molecule has 0 heterocycles. The van der Waals surface area contributed by atoms with Gasteiger partial charge in [0.05, 0.1) is 34.2 Å². The van der Waals surface area contributed by atoms with Crippen LogP contribution in [-0.2, 0) is 11.3 Å². The molecule has 0 saturated heterocycles. The second kappa shape index (κ2) is 4.75. The standard InChI is InChI=1S/C17H18N2O5/c20-18(21)9-2-1-8(13(5-9)19(22)23)7-24-14-6-12-10-3-4-11-15(10)17(12)16(11)14/h1-2,5,10-12,14-17H,3-4,6-7H2/t10-,11+,12+,14+,15+,16+,17-/m0/s1. The fourth-order valence-electron chi connectivity index (χ4n) is 6.33. The molecule has 0 aliphatic heterocycles. The van der Waals surface area contributed by atoms with Gasteiger partial charge < -0.3 is 4.74 Å². The van der Waals surface area contributed by atoms with Gasteiger partial charge in [0.1, 0.15) is 0 Å². The first-order valence-electron chi connectivity index (χ1n) is 8.59. The Labute approximate surface area is 138 Å². The maximum atomic E-state index is 11.2. The monoisotopic (exact) mass is 330 g/mol. The SMILES string of the molecule is O=[N+]([O-])c1ccc(CO[C@@H]2C[C@@H]3[C@@H]4CC[C@@H]5[C@@H]4[C@H]3[C@H]52)c([N+](=O)[O-])c1. The lowest BCUT2D eigenvalue weighted by Gasteiger charge is -2.60. The Morgan fingerprint density at radius 2 is 1.79 bits per heavy atom. The van der Waals surface area contributed by atoms with Gasteiger partial charge in [0.15, 0.2) is 0 Å². The van der Waals surface area contributed by atoms with E-state index >= 15 is 0 Å². The van der Waals surface area contributed by atoms with E-state index in [1.54, 1.807) is 0 Å². The van der Waals surface area contributed by atoms with Crippen LogP contribution in [0.4, 0.5) is 11.4 Å². The molecule has 0 aromatic heterocycles. The maximum absolute atomic E-state index is 11.2. The molecule has 126 valence electrons. The van der Waals surface area contributed by atoms with Gasteiger partial charge in [-0.2, -0.15) is 0 Å². The van der Waals surface area contributed by atoms with Gasteiger partial charge in [-0.15, -0.1) is 0 Å². The zero-order valence-electron chi connectivity index (χ0n) is 13.0. The number of nitro benzene ring substituents is 2. The van der Waals surface area contributed by atoms with E-state index in [1.807, 2.05) is 0 Å². The maximum Gasteiger partial charge on any atom is 0.281 e. The molecule has 0 bridgehead atoms. The highest BCUT2D eigenvalue weighted by atomic mass is 16.6. The Morgan fingerprint density at radius 1 is 1.00 bits per heavy atom. The van der Waals surface area contributed by atoms with Crippen molar-refractivity contribution in [3.05, 3.63) is 44.0 Å². The summed E-state index contributed by atoms with van der Waals surface area (Å²) in [6.45, 7) is 0.164. The second-order valence-electron chi connectivity index (χ2n) is 7.71. The number of fused-ring (bicyclic) bond motifs is 2. The lowest BCUT2D eigenvalue weighted by atomic mass is 9.45. The highest BCUT2D eigenvalue weighted by Gasteiger charge is 2.73. The molecule has 1 aromatic rings. The molecule has 0 unspecified atom stereocenters. The molecule has 0 radical (unpaired) electrons. The molecule has 1 aromatic carbocycles. The zero-order valence-corrected chi connectivity index (χ0v) is 13.0. The van der Waals surface area contributed by atoms with Gasteiger partial charge in [-0.25, -0.2) is 0 Å². The first-order chi connectivity index (χ1) is 11.6. The van der Waals surface area contributed by atoms with Crippen LogP contribution >= 0.6 is 0 Å². The number of nitrogens with zero attached hydrogens (tertiary/aromatic N) is 2. The van der Waals surface area contributed by atoms with Gasteiger partial charge in [-0.3, -0.25) is 20.2 Å². The van der Waals surface area contributed by atoms with E-state index in [2.05, 4.69) is 0 Å². The molecule has 0 N–H and O–H groups in total. The molecule has 4 aliphatic carbocycles. The summed E-state index contributed by atoms with van der Waals surface area (Å²) in [5.74, 6) is 4.99. The smallest absolute Gasteiger partial charge is 0.281 e. The van der Waals surface area contributed by atoms with Crippen molar-refractivity contribution in [2.45, 2.75) is 32.0 Å². The minimum absolute atomic E-state index is 0.164. The van der Waals surface area contributed by atoms with Gasteiger partial charge in [0.2, 0.25) is 0 Å². The molecule has 0 amide bonds. The molecule has 7 heteroatoms. The number of benzene rings is 1. The summed E-state index contributed by atoms with van der Waals surface area (Å²) in [5, 5.41) is 22.0. The first-order valence-corrected chi connectivity index (χ1v) is 8.59. The van der Waals surface area contributed by atoms with E-state index in [0.29, 0.717) is 11.5 Å². The van der Waals surface area contributed by atoms with Crippen LogP contribution in [0.15, 0.2) is 18.2 Å². The van der Waals surface area contributed by atoms with Crippen LogP contribution in [0.5, 0.6) is 0 Å². The average Bonchev–Trinajstić information content (AvgIpc) is 2.81. The zero-order chi connectivity index (χ0) is 16.6. The van der Waals surface area contributed by atoms with E-state index in [4.69, 9.17) is 4.74 Å². The summed E-state index contributed by atoms with van der Waals surface area (Å²) in [5.41, 5.74) is -0.0624. The number of non-ortho nitro benzene ring substituents is 1. The third-order valence-electron chi connectivity index (χ3n) is 7.11. The van der Waals surface area contributed by atoms with Crippen molar-refractivity contribution in [2.75, 3.05) is 0 Å². The Kier molecular flexibility index (Phi) is 2.84. The topological polar surface area (TPSA) is 95.5 Å². The highest BCUT2D eigenvalue weighted by Crippen LogP contribution is 2.77. The van der Waals surface area contributed by atoms with E-state index in [0.717, 1.165) is 42.1 Å². The lowest BCUT2D eigenvalue weighted by Crippen LogP contribution is -2.57. The van der Waals surface area contributed by atoms with Crippen LogP contribution in [-0.4, -0.2) is 16.0 Å². The fraction of sp³-hybridized carbons (Fsp3) is 0.647. The van der Waals surface area contributed by atoms with Crippen molar-refractivity contribution in [3.63, 3.8) is 0 Å². The molecule has 4 fully saturated rings. The summed E-state index contributed by atoms with van der Waals surface area (Å²) in [6, 6.07) is 3.79. The highest BCUT2D eigenvalue weighted by molar-refractivity contribution is 5.48. The van der Waals surface area contributed by atoms with Crippen LogP contribution in [0.2, 0.25) is 0 Å². The van der Waals surface area contributed by atoms with Gasteiger partial charge in [0.25, 0.3) is 11.4 Å². The number of hydrogen-bond acceptors (Lipinski definition) is 5. The lowest BCUT2D eigenvalue weighted by molar-refractivity contribution is -0.394. The van der Waals surface area contributed by atoms with Crippen molar-refractivity contribution in [2.24, 2.45) is 35.5 Å². The molecule has 4 aliphatic rings. The minimum atomic E-state index is -0.614. The van der Waals surface area contributed by atoms with Crippen LogP contribution in [0.25, 0.3) is 0 Å². The molecule has 5 rings (SSSR count). The quantitative estimate of drug-likeness (QED) is 0.609. The summed E-state index contributed by atoms with van der Waals surface area (Å²) in [4.78, 5) is 20.8. The normalized spacial score (nSPS) is 40.6. The molecular weight excluding hydrogens is 312 g/mol. The van der Waals surface area contributed by atoms with Crippen molar-refractivity contribution in [3.8, 4) is 0 Å². The van der Waals surface area contributed by atoms with Crippen LogP contribution in [0.1, 0.15) is 24.8 Å². The molecule has 4 saturated carbocycles. The third-order valence-corrected chi connectivity index (χ3v) is 7.11. The van der Waals surface area contributed by atoms with E-state index in [9.17, 15) is 20.2 Å². The van der Waals surface area contributed by atoms with Crippen LogP contribution < -0.4 is 0 Å². The van der Waals surface area contributed by atoms with Gasteiger partial charge in [-0.05, 0) is 60.8 Å². The third kappa shape index (κ3) is 1.70. The van der Waals surface area contributed by atoms with Crippen LogP contribution in [0.3, 0.4) is 0 Å². The molecule has 7 nitrogen and oxygen atoms in total. The molecule has 24 heavy (non-hydrogen) atoms. The van der Waals surface area contributed by atoms with Crippen molar-refractivity contribution < 1.29 is 14.6 Å². The van der Waals surface area contributed by atoms with Gasteiger partial charge in [-0.1, -0.05) is 0 Å². The average molecular weight is 330 g/mol. The van der Waals surface area contributed by atoms with Gasteiger partial charge >= 0.3 is 0 Å². The van der Waals surface area contributed by atoms with E-state index in [-0.39, 0.29) is 24.1 Å². The fourth-order valence-corrected chi connectivity index (χ4v) is 6.33. The predicted octanol–water partition coefficient (Wildman–Crippen LogP) is 3.31. The second-order valence-corrected chi connectivity index (χ2v) is 7.71. The minimum Gasteiger partial charge on any atom is -0.373 e. The Bertz CT molecular complexity index is 740. The number of nitro groups is 2. The first kappa shape index (κ1) is 14.3. The Hall–Kier alpha value is -2.02. The van der Waals surface area contributed by atoms with Crippen molar-refractivity contribution >= 4 is 11.4 Å². The van der Waals surface area contributed by atoms with Crippen LogP contribution in [0, 0.1) is 55.7 Å². The summed E-state index contributed by atoms with van der Waals surface area (Å²) in [6.07, 6.45) is 4.01. The number of ether oxygens (including phenoxy) is 1. The number of hydrogen-bond donors (Lipinski definition) is 0. The molecule has 7 atom stereocenters. The Morgan fingerprint density at radius 3 is 2.54 bits per heavy atom. The molecular formula is C17H18N2O5. The predicted molar refractivity (Wildman–Crippen MR) is 83.1 cm³/mol. The van der Waals surface area contributed by atoms with Crippen molar-refractivity contribution in [1.82, 2.24) is 0 Å². The van der Waals surface area contributed by atoms with Crippen molar-refractivity contribution in [1.29, 1.82) is 0 Å². The van der Waals surface area contributed by atoms with E-state index in [1.165, 1.54) is 25.0 Å². The summed E-state index contributed by atoms with van der Waals surface area (Å²) in [7, 11) is 0. The number of rotatable bonds is 5. The summed E-state index contributed by atoms with van der Waals surface area (Å²) >= 11 is 0. The summed E-state index contributed by atoms with van der Waals surface area (Å²) < 4.78 is 6.09. The Balaban J connectivity index is 1.32. The van der Waals surface area contributed by atoms with Gasteiger partial charge in [0, 0.05) is 6.07 Å².